The summed E-state index contributed by atoms with van der Waals surface area (Å²) in [5.41, 5.74) is 0.422. The van der Waals surface area contributed by atoms with Crippen LogP contribution in [-0.2, 0) is 11.0 Å². The molecule has 0 saturated heterocycles. The quantitative estimate of drug-likeness (QED) is 0.270. The van der Waals surface area contributed by atoms with Gasteiger partial charge in [0.2, 0.25) is 11.9 Å². The van der Waals surface area contributed by atoms with Crippen LogP contribution in [0.1, 0.15) is 51.0 Å². The normalized spacial score (nSPS) is 17.1. The Labute approximate surface area is 240 Å². The van der Waals surface area contributed by atoms with E-state index in [-0.39, 0.29) is 41.3 Å². The van der Waals surface area contributed by atoms with Gasteiger partial charge >= 0.3 is 12.2 Å². The van der Waals surface area contributed by atoms with E-state index < -0.39 is 11.7 Å². The van der Waals surface area contributed by atoms with Crippen molar-refractivity contribution in [2.45, 2.75) is 63.7 Å². The molecule has 14 heteroatoms. The zero-order chi connectivity index (χ0) is 29.7. The Morgan fingerprint density at radius 3 is 2.36 bits per heavy atom. The number of nitrogens with zero attached hydrogens (tertiary/aromatic N) is 7. The van der Waals surface area contributed by atoms with Crippen LogP contribution in [0.25, 0.3) is 22.5 Å². The predicted octanol–water partition coefficient (Wildman–Crippen LogP) is 5.30. The van der Waals surface area contributed by atoms with Gasteiger partial charge in [-0.1, -0.05) is 6.92 Å². The molecule has 0 atom stereocenters. The largest absolute Gasteiger partial charge is 0.467 e. The van der Waals surface area contributed by atoms with Gasteiger partial charge in [0.05, 0.1) is 7.11 Å². The lowest BCUT2D eigenvalue weighted by Crippen LogP contribution is -2.44. The summed E-state index contributed by atoms with van der Waals surface area (Å²) in [6.45, 7) is 1.96. The molecule has 1 aliphatic rings. The Morgan fingerprint density at radius 1 is 1.02 bits per heavy atom. The first-order chi connectivity index (χ1) is 20.3. The molecule has 5 rings (SSSR count). The van der Waals surface area contributed by atoms with Gasteiger partial charge in [-0.05, 0) is 50.3 Å². The molecule has 0 aromatic carbocycles. The van der Waals surface area contributed by atoms with Crippen molar-refractivity contribution in [2.75, 3.05) is 17.3 Å². The Bertz CT molecular complexity index is 1470. The Balaban J connectivity index is 1.28. The highest BCUT2D eigenvalue weighted by atomic mass is 19.4. The first kappa shape index (κ1) is 28.9. The number of nitrogens with one attached hydrogen (secondary N) is 2. The number of halogens is 3. The SMILES string of the molecule is CCCC(=O)N(c1ccc(-c2cnc(OC)nc2)cn1)[C@H]1CC[C@H](Nc2ncc(C(F)(F)F)c(-c3cc[nH]n3)n2)CC1. The van der Waals surface area contributed by atoms with Crippen LogP contribution < -0.4 is 15.0 Å². The molecule has 4 aromatic rings. The average molecular weight is 582 g/mol. The monoisotopic (exact) mass is 581 g/mol. The van der Waals surface area contributed by atoms with Crippen LogP contribution in [0.3, 0.4) is 0 Å². The number of aromatic nitrogens is 7. The highest BCUT2D eigenvalue weighted by Gasteiger charge is 2.36. The first-order valence-electron chi connectivity index (χ1n) is 13.6. The second kappa shape index (κ2) is 12.5. The number of aromatic amines is 1. The molecule has 0 radical (unpaired) electrons. The fourth-order valence-electron chi connectivity index (χ4n) is 5.03. The molecule has 11 nitrogen and oxygen atoms in total. The summed E-state index contributed by atoms with van der Waals surface area (Å²) in [6.07, 6.45) is 6.38. The molecule has 220 valence electrons. The number of rotatable bonds is 9. The van der Waals surface area contributed by atoms with Gasteiger partial charge in [0.1, 0.15) is 22.8 Å². The summed E-state index contributed by atoms with van der Waals surface area (Å²) in [4.78, 5) is 36.0. The molecule has 0 unspecified atom stereocenters. The highest BCUT2D eigenvalue weighted by molar-refractivity contribution is 5.93. The van der Waals surface area contributed by atoms with Gasteiger partial charge in [0.15, 0.2) is 0 Å². The minimum atomic E-state index is -4.62. The second-order valence-corrected chi connectivity index (χ2v) is 9.94. The molecule has 0 bridgehead atoms. The lowest BCUT2D eigenvalue weighted by atomic mass is 9.90. The van der Waals surface area contributed by atoms with E-state index in [9.17, 15) is 18.0 Å². The van der Waals surface area contributed by atoms with Gasteiger partial charge in [-0.3, -0.25) is 14.8 Å². The van der Waals surface area contributed by atoms with Gasteiger partial charge in [0, 0.05) is 60.6 Å². The maximum atomic E-state index is 13.6. The minimum Gasteiger partial charge on any atom is -0.467 e. The van der Waals surface area contributed by atoms with Crippen LogP contribution in [0.2, 0.25) is 0 Å². The van der Waals surface area contributed by atoms with E-state index in [0.29, 0.717) is 44.3 Å². The third-order valence-corrected chi connectivity index (χ3v) is 7.10. The third kappa shape index (κ3) is 6.47. The van der Waals surface area contributed by atoms with Crippen LogP contribution in [0, 0.1) is 0 Å². The van der Waals surface area contributed by atoms with E-state index in [1.165, 1.54) is 19.4 Å². The van der Waals surface area contributed by atoms with Crippen LogP contribution in [0.15, 0.2) is 49.2 Å². The van der Waals surface area contributed by atoms with E-state index in [0.717, 1.165) is 17.3 Å². The number of carbonyl (C=O) groups excluding carboxylic acids is 1. The third-order valence-electron chi connectivity index (χ3n) is 7.10. The maximum Gasteiger partial charge on any atom is 0.420 e. The number of pyridine rings is 1. The van der Waals surface area contributed by atoms with Gasteiger partial charge in [-0.2, -0.15) is 18.3 Å². The highest BCUT2D eigenvalue weighted by Crippen LogP contribution is 2.36. The summed E-state index contributed by atoms with van der Waals surface area (Å²) < 4.78 is 45.7. The lowest BCUT2D eigenvalue weighted by molar-refractivity contribution is -0.137. The molecule has 1 amide bonds. The van der Waals surface area contributed by atoms with Gasteiger partial charge in [-0.15, -0.1) is 0 Å². The second-order valence-electron chi connectivity index (χ2n) is 9.94. The maximum absolute atomic E-state index is 13.6. The first-order valence-corrected chi connectivity index (χ1v) is 13.6. The number of methoxy groups -OCH3 is 1. The van der Waals surface area contributed by atoms with Crippen LogP contribution in [0.5, 0.6) is 6.01 Å². The van der Waals surface area contributed by atoms with E-state index in [2.05, 4.69) is 40.4 Å². The van der Waals surface area contributed by atoms with E-state index in [1.807, 2.05) is 19.1 Å². The zero-order valence-electron chi connectivity index (χ0n) is 23.1. The molecule has 0 aliphatic heterocycles. The van der Waals surface area contributed by atoms with Crippen molar-refractivity contribution in [3.8, 4) is 28.5 Å². The number of alkyl halides is 3. The molecule has 4 heterocycles. The number of carbonyl (C=O) groups is 1. The molecular weight excluding hydrogens is 551 g/mol. The summed E-state index contributed by atoms with van der Waals surface area (Å²) in [5.74, 6) is 0.664. The molecule has 1 aliphatic carbocycles. The molecule has 1 saturated carbocycles. The molecule has 2 N–H and O–H groups in total. The standard InChI is InChI=1S/C28H30F3N9O2/c1-3-4-24(41)40(23-10-5-17(13-32-23)18-14-34-27(42-2)35-15-18)20-8-6-19(7-9-20)37-26-33-16-21(28(29,30)31)25(38-26)22-11-12-36-39-22/h5,10-16,19-20H,3-4,6-9H2,1-2H3,(H,36,39)(H,33,37,38)/t19-,20-. The van der Waals surface area contributed by atoms with Crippen molar-refractivity contribution in [3.05, 3.63) is 54.7 Å². The molecule has 4 aromatic heterocycles. The van der Waals surface area contributed by atoms with Crippen molar-refractivity contribution < 1.29 is 22.7 Å². The Morgan fingerprint density at radius 2 is 1.76 bits per heavy atom. The fraction of sp³-hybridized carbons (Fsp3) is 0.393. The predicted molar refractivity (Wildman–Crippen MR) is 148 cm³/mol. The van der Waals surface area contributed by atoms with Crippen LogP contribution >= 0.6 is 0 Å². The van der Waals surface area contributed by atoms with Crippen molar-refractivity contribution in [1.29, 1.82) is 0 Å². The van der Waals surface area contributed by atoms with Crippen LogP contribution in [-0.4, -0.2) is 60.2 Å². The average Bonchev–Trinajstić information content (AvgIpc) is 3.54. The summed E-state index contributed by atoms with van der Waals surface area (Å²) >= 11 is 0. The van der Waals surface area contributed by atoms with Gasteiger partial charge in [0.25, 0.3) is 0 Å². The van der Waals surface area contributed by atoms with Crippen LogP contribution in [0.4, 0.5) is 24.9 Å². The zero-order valence-corrected chi connectivity index (χ0v) is 23.1. The van der Waals surface area contributed by atoms with Crippen molar-refractivity contribution in [2.24, 2.45) is 0 Å². The molecule has 1 fully saturated rings. The van der Waals surface area contributed by atoms with Gasteiger partial charge in [-0.25, -0.2) is 24.9 Å². The fourth-order valence-corrected chi connectivity index (χ4v) is 5.03. The number of hydrogen-bond donors (Lipinski definition) is 2. The molecular formula is C28H30F3N9O2. The lowest BCUT2D eigenvalue weighted by Gasteiger charge is -2.36. The van der Waals surface area contributed by atoms with E-state index >= 15 is 0 Å². The number of amides is 1. The van der Waals surface area contributed by atoms with Crippen molar-refractivity contribution in [1.82, 2.24) is 35.1 Å². The number of hydrogen-bond acceptors (Lipinski definition) is 9. The Kier molecular flexibility index (Phi) is 8.59. The van der Waals surface area contributed by atoms with E-state index in [1.54, 1.807) is 23.5 Å². The van der Waals surface area contributed by atoms with Gasteiger partial charge < -0.3 is 10.1 Å². The van der Waals surface area contributed by atoms with Crippen molar-refractivity contribution >= 4 is 17.7 Å². The van der Waals surface area contributed by atoms with E-state index in [4.69, 9.17) is 4.74 Å². The topological polar surface area (TPSA) is 135 Å². The summed E-state index contributed by atoms with van der Waals surface area (Å²) in [6, 6.07) is 5.26. The number of ether oxygens (including phenoxy) is 1. The summed E-state index contributed by atoms with van der Waals surface area (Å²) in [5, 5.41) is 9.58. The van der Waals surface area contributed by atoms with Crippen molar-refractivity contribution in [3.63, 3.8) is 0 Å². The smallest absolute Gasteiger partial charge is 0.420 e. The Hall–Kier alpha value is -4.62. The summed E-state index contributed by atoms with van der Waals surface area (Å²) in [7, 11) is 1.50. The number of anilines is 2. The minimum absolute atomic E-state index is 0.00310. The number of H-pyrrole nitrogens is 1. The molecule has 42 heavy (non-hydrogen) atoms. The molecule has 0 spiro atoms.